The number of para-hydroxylation sites is 1. The van der Waals surface area contributed by atoms with Gasteiger partial charge in [-0.25, -0.2) is 0 Å². The van der Waals surface area contributed by atoms with Crippen molar-refractivity contribution in [3.8, 4) is 5.75 Å². The van der Waals surface area contributed by atoms with Crippen molar-refractivity contribution < 1.29 is 9.53 Å². The molecule has 1 aliphatic heterocycles. The lowest BCUT2D eigenvalue weighted by Crippen LogP contribution is -2.40. The Morgan fingerprint density at radius 2 is 2.00 bits per heavy atom. The Morgan fingerprint density at radius 3 is 2.79 bits per heavy atom. The molecule has 0 radical (unpaired) electrons. The zero-order valence-electron chi connectivity index (χ0n) is 16.6. The maximum absolute atomic E-state index is 12.8. The third-order valence-corrected chi connectivity index (χ3v) is 5.64. The van der Waals surface area contributed by atoms with Crippen molar-refractivity contribution in [1.82, 2.24) is 14.5 Å². The molecule has 0 aliphatic carbocycles. The van der Waals surface area contributed by atoms with Crippen molar-refractivity contribution in [2.75, 3.05) is 19.7 Å². The van der Waals surface area contributed by atoms with Crippen molar-refractivity contribution in [2.45, 2.75) is 26.2 Å². The van der Waals surface area contributed by atoms with E-state index >= 15 is 0 Å². The fourth-order valence-electron chi connectivity index (χ4n) is 4.01. The maximum Gasteiger partial charge on any atom is 0.227 e. The second-order valence-electron chi connectivity index (χ2n) is 7.73. The summed E-state index contributed by atoms with van der Waals surface area (Å²) in [6.07, 6.45) is 6.31. The summed E-state index contributed by atoms with van der Waals surface area (Å²) < 4.78 is 8.02. The smallest absolute Gasteiger partial charge is 0.227 e. The predicted octanol–water partition coefficient (Wildman–Crippen LogP) is 3.74. The molecule has 0 N–H and O–H groups in total. The Labute approximate surface area is 165 Å². The predicted molar refractivity (Wildman–Crippen MR) is 110 cm³/mol. The summed E-state index contributed by atoms with van der Waals surface area (Å²) in [7, 11) is 2.03. The van der Waals surface area contributed by atoms with Crippen LogP contribution in [0.5, 0.6) is 5.75 Å². The van der Waals surface area contributed by atoms with Crippen LogP contribution >= 0.6 is 0 Å². The van der Waals surface area contributed by atoms with E-state index in [0.717, 1.165) is 42.9 Å². The highest BCUT2D eigenvalue weighted by molar-refractivity contribution is 5.89. The van der Waals surface area contributed by atoms with Crippen LogP contribution in [-0.4, -0.2) is 40.1 Å². The van der Waals surface area contributed by atoms with E-state index in [1.807, 2.05) is 43.1 Å². The first-order valence-corrected chi connectivity index (χ1v) is 9.96. The van der Waals surface area contributed by atoms with Crippen molar-refractivity contribution in [3.05, 3.63) is 60.0 Å². The average Bonchev–Trinajstić information content (AvgIpc) is 3.03. The highest BCUT2D eigenvalue weighted by Crippen LogP contribution is 2.23. The third-order valence-electron chi connectivity index (χ3n) is 5.64. The number of piperidine rings is 1. The van der Waals surface area contributed by atoms with Crippen LogP contribution in [0.1, 0.15) is 24.1 Å². The fourth-order valence-corrected chi connectivity index (χ4v) is 4.01. The van der Waals surface area contributed by atoms with Crippen LogP contribution in [0.25, 0.3) is 10.9 Å². The van der Waals surface area contributed by atoms with Crippen LogP contribution in [0.3, 0.4) is 0 Å². The molecule has 1 aromatic carbocycles. The first-order chi connectivity index (χ1) is 13.6. The van der Waals surface area contributed by atoms with Crippen LogP contribution in [0, 0.1) is 12.8 Å². The van der Waals surface area contributed by atoms with Gasteiger partial charge in [0.25, 0.3) is 0 Å². The zero-order valence-corrected chi connectivity index (χ0v) is 16.6. The summed E-state index contributed by atoms with van der Waals surface area (Å²) in [4.78, 5) is 19.0. The molecule has 5 nitrogen and oxygen atoms in total. The van der Waals surface area contributed by atoms with E-state index < -0.39 is 0 Å². The van der Waals surface area contributed by atoms with Gasteiger partial charge in [-0.3, -0.25) is 9.78 Å². The second-order valence-corrected chi connectivity index (χ2v) is 7.73. The third kappa shape index (κ3) is 4.03. The monoisotopic (exact) mass is 377 g/mol. The Kier molecular flexibility index (Phi) is 5.33. The van der Waals surface area contributed by atoms with Crippen LogP contribution in [0.2, 0.25) is 0 Å². The normalized spacial score (nSPS) is 15.1. The number of likely N-dealkylation sites (tertiary alicyclic amines) is 1. The summed E-state index contributed by atoms with van der Waals surface area (Å²) >= 11 is 0. The first kappa shape index (κ1) is 18.5. The standard InChI is InChI=1S/C23H27N3O2/c1-17-13-20(7-10-24-17)28-16-18-8-11-26(12-9-18)23(27)14-19-15-25(2)22-6-4-3-5-21(19)22/h3-7,10,13,15,18H,8-9,11-12,14,16H2,1-2H3. The number of fused-ring (bicyclic) bond motifs is 1. The molecule has 2 aromatic heterocycles. The minimum absolute atomic E-state index is 0.223. The van der Waals surface area contributed by atoms with Gasteiger partial charge < -0.3 is 14.2 Å². The molecule has 5 heteroatoms. The molecule has 4 rings (SSSR count). The topological polar surface area (TPSA) is 47.4 Å². The molecule has 28 heavy (non-hydrogen) atoms. The van der Waals surface area contributed by atoms with Crippen LogP contribution in [-0.2, 0) is 18.3 Å². The largest absolute Gasteiger partial charge is 0.493 e. The number of carbonyl (C=O) groups is 1. The molecule has 3 aromatic rings. The van der Waals surface area contributed by atoms with E-state index in [2.05, 4.69) is 27.9 Å². The number of amides is 1. The van der Waals surface area contributed by atoms with Gasteiger partial charge in [0.15, 0.2) is 0 Å². The van der Waals surface area contributed by atoms with E-state index in [0.29, 0.717) is 18.9 Å². The van der Waals surface area contributed by atoms with Crippen molar-refractivity contribution in [1.29, 1.82) is 0 Å². The van der Waals surface area contributed by atoms with Gasteiger partial charge in [0, 0.05) is 55.2 Å². The number of aromatic nitrogens is 2. The van der Waals surface area contributed by atoms with Crippen LogP contribution < -0.4 is 4.74 Å². The van der Waals surface area contributed by atoms with Gasteiger partial charge in [0.05, 0.1) is 13.0 Å². The van der Waals surface area contributed by atoms with Gasteiger partial charge in [-0.2, -0.15) is 0 Å². The average molecular weight is 377 g/mol. The number of nitrogens with zero attached hydrogens (tertiary/aromatic N) is 3. The van der Waals surface area contributed by atoms with Gasteiger partial charge >= 0.3 is 0 Å². The summed E-state index contributed by atoms with van der Waals surface area (Å²) in [5.41, 5.74) is 3.25. The number of pyridine rings is 1. The number of hydrogen-bond acceptors (Lipinski definition) is 3. The van der Waals surface area contributed by atoms with E-state index in [4.69, 9.17) is 4.74 Å². The zero-order chi connectivity index (χ0) is 19.5. The highest BCUT2D eigenvalue weighted by atomic mass is 16.5. The van der Waals surface area contributed by atoms with E-state index in [1.165, 1.54) is 10.9 Å². The Morgan fingerprint density at radius 1 is 1.21 bits per heavy atom. The molecule has 3 heterocycles. The van der Waals surface area contributed by atoms with Gasteiger partial charge in [0.2, 0.25) is 5.91 Å². The lowest BCUT2D eigenvalue weighted by molar-refractivity contribution is -0.132. The molecule has 0 unspecified atom stereocenters. The number of hydrogen-bond donors (Lipinski definition) is 0. The molecule has 0 saturated carbocycles. The molecule has 0 spiro atoms. The van der Waals surface area contributed by atoms with Gasteiger partial charge in [0.1, 0.15) is 5.75 Å². The second kappa shape index (κ2) is 8.05. The van der Waals surface area contributed by atoms with Crippen molar-refractivity contribution in [3.63, 3.8) is 0 Å². The van der Waals surface area contributed by atoms with Crippen LogP contribution in [0.15, 0.2) is 48.8 Å². The summed E-state index contributed by atoms with van der Waals surface area (Å²) in [6.45, 7) is 4.29. The minimum atomic E-state index is 0.223. The molecule has 146 valence electrons. The molecule has 1 saturated heterocycles. The molecule has 0 atom stereocenters. The SMILES string of the molecule is Cc1cc(OCC2CCN(C(=O)Cc3cn(C)c4ccccc34)CC2)ccn1. The number of ether oxygens (including phenoxy) is 1. The molecular formula is C23H27N3O2. The highest BCUT2D eigenvalue weighted by Gasteiger charge is 2.24. The fraction of sp³-hybridized carbons (Fsp3) is 0.391. The number of rotatable bonds is 5. The van der Waals surface area contributed by atoms with E-state index in [9.17, 15) is 4.79 Å². The molecule has 1 fully saturated rings. The van der Waals surface area contributed by atoms with Gasteiger partial charge in [-0.05, 0) is 43.4 Å². The van der Waals surface area contributed by atoms with Crippen molar-refractivity contribution >= 4 is 16.8 Å². The molecule has 1 amide bonds. The number of aryl methyl sites for hydroxylation is 2. The number of benzene rings is 1. The van der Waals surface area contributed by atoms with Gasteiger partial charge in [-0.15, -0.1) is 0 Å². The first-order valence-electron chi connectivity index (χ1n) is 9.96. The van der Waals surface area contributed by atoms with E-state index in [1.54, 1.807) is 6.20 Å². The molecule has 1 aliphatic rings. The van der Waals surface area contributed by atoms with E-state index in [-0.39, 0.29) is 5.91 Å². The summed E-state index contributed by atoms with van der Waals surface area (Å²) in [6, 6.07) is 12.1. The lowest BCUT2D eigenvalue weighted by Gasteiger charge is -2.32. The Balaban J connectivity index is 1.30. The lowest BCUT2D eigenvalue weighted by atomic mass is 9.97. The van der Waals surface area contributed by atoms with Crippen molar-refractivity contribution in [2.24, 2.45) is 13.0 Å². The van der Waals surface area contributed by atoms with Gasteiger partial charge in [-0.1, -0.05) is 18.2 Å². The molecule has 0 bridgehead atoms. The number of carbonyl (C=O) groups excluding carboxylic acids is 1. The Hall–Kier alpha value is -2.82. The quantitative estimate of drug-likeness (QED) is 0.680. The maximum atomic E-state index is 12.8. The summed E-state index contributed by atoms with van der Waals surface area (Å²) in [5.74, 6) is 1.59. The summed E-state index contributed by atoms with van der Waals surface area (Å²) in [5, 5.41) is 1.18. The minimum Gasteiger partial charge on any atom is -0.493 e. The van der Waals surface area contributed by atoms with Crippen LogP contribution in [0.4, 0.5) is 0 Å². The Bertz CT molecular complexity index is 971. The molecular weight excluding hydrogens is 350 g/mol.